The summed E-state index contributed by atoms with van der Waals surface area (Å²) in [5.41, 5.74) is 4.16. The van der Waals surface area contributed by atoms with Crippen LogP contribution in [-0.4, -0.2) is 27.6 Å². The molecule has 0 fully saturated rings. The average molecular weight is 363 g/mol. The Bertz CT molecular complexity index is 967. The van der Waals surface area contributed by atoms with E-state index in [0.29, 0.717) is 0 Å². The van der Waals surface area contributed by atoms with E-state index in [1.807, 2.05) is 87.9 Å². The first-order valence-electron chi connectivity index (χ1n) is 9.01. The van der Waals surface area contributed by atoms with E-state index in [0.717, 1.165) is 34.1 Å². The Morgan fingerprint density at radius 1 is 1.19 bits per heavy atom. The van der Waals surface area contributed by atoms with Gasteiger partial charge in [-0.2, -0.15) is 0 Å². The second-order valence-corrected chi connectivity index (χ2v) is 6.83. The van der Waals surface area contributed by atoms with Gasteiger partial charge in [-0.15, -0.1) is 0 Å². The number of benzene rings is 1. The van der Waals surface area contributed by atoms with Gasteiger partial charge in [-0.3, -0.25) is 9.36 Å². The number of nitrogens with zero attached hydrogens (tertiary/aromatic N) is 3. The molecule has 1 atom stereocenters. The number of aryl methyl sites for hydroxylation is 2. The first kappa shape index (κ1) is 18.7. The number of hydrogen-bond acceptors (Lipinski definition) is 3. The van der Waals surface area contributed by atoms with Gasteiger partial charge in [0.05, 0.1) is 6.04 Å². The van der Waals surface area contributed by atoms with Crippen molar-refractivity contribution in [1.29, 1.82) is 0 Å². The minimum absolute atomic E-state index is 0.00823. The van der Waals surface area contributed by atoms with Crippen LogP contribution in [0.4, 0.5) is 0 Å². The van der Waals surface area contributed by atoms with Gasteiger partial charge >= 0.3 is 0 Å². The normalized spacial score (nSPS) is 12.5. The van der Waals surface area contributed by atoms with Gasteiger partial charge < -0.3 is 9.42 Å². The van der Waals surface area contributed by atoms with E-state index >= 15 is 0 Å². The Labute approximate surface area is 159 Å². The van der Waals surface area contributed by atoms with Crippen LogP contribution < -0.4 is 0 Å². The highest BCUT2D eigenvalue weighted by Gasteiger charge is 2.16. The molecule has 0 radical (unpaired) electrons. The molecule has 0 aliphatic carbocycles. The molecule has 0 unspecified atom stereocenters. The van der Waals surface area contributed by atoms with Gasteiger partial charge in [0.15, 0.2) is 5.82 Å². The lowest BCUT2D eigenvalue weighted by Crippen LogP contribution is -2.27. The number of rotatable bonds is 5. The Balaban J connectivity index is 1.79. The third-order valence-electron chi connectivity index (χ3n) is 4.93. The highest BCUT2D eigenvalue weighted by molar-refractivity contribution is 5.92. The van der Waals surface area contributed by atoms with Crippen molar-refractivity contribution in [3.05, 3.63) is 76.8 Å². The molecule has 0 saturated heterocycles. The number of carbonyl (C=O) groups is 1. The quantitative estimate of drug-likeness (QED) is 0.621. The molecule has 5 heteroatoms. The van der Waals surface area contributed by atoms with Crippen molar-refractivity contribution in [2.45, 2.75) is 33.7 Å². The van der Waals surface area contributed by atoms with Crippen molar-refractivity contribution < 1.29 is 9.32 Å². The van der Waals surface area contributed by atoms with Crippen molar-refractivity contribution in [2.75, 3.05) is 7.05 Å². The van der Waals surface area contributed by atoms with Crippen molar-refractivity contribution in [1.82, 2.24) is 14.6 Å². The second-order valence-electron chi connectivity index (χ2n) is 6.83. The number of aromatic nitrogens is 2. The molecule has 0 saturated carbocycles. The second kappa shape index (κ2) is 7.66. The fourth-order valence-corrected chi connectivity index (χ4v) is 3.19. The number of amides is 1. The largest absolute Gasteiger partial charge is 0.360 e. The lowest BCUT2D eigenvalue weighted by molar-refractivity contribution is -0.126. The fraction of sp³-hybridized carbons (Fsp3) is 0.273. The summed E-state index contributed by atoms with van der Waals surface area (Å²) in [5.74, 6) is 1.48. The summed E-state index contributed by atoms with van der Waals surface area (Å²) < 4.78 is 7.21. The third kappa shape index (κ3) is 3.87. The fourth-order valence-electron chi connectivity index (χ4n) is 3.19. The predicted molar refractivity (Wildman–Crippen MR) is 107 cm³/mol. The zero-order valence-electron chi connectivity index (χ0n) is 16.4. The number of carbonyl (C=O) groups excluding carboxylic acids is 1. The van der Waals surface area contributed by atoms with E-state index in [4.69, 9.17) is 4.52 Å². The molecule has 0 N–H and O–H groups in total. The molecule has 27 heavy (non-hydrogen) atoms. The summed E-state index contributed by atoms with van der Waals surface area (Å²) in [6.45, 7) is 7.92. The van der Waals surface area contributed by atoms with E-state index < -0.39 is 0 Å². The summed E-state index contributed by atoms with van der Waals surface area (Å²) in [6.07, 6.45) is 3.49. The zero-order valence-corrected chi connectivity index (χ0v) is 16.4. The van der Waals surface area contributed by atoms with Gasteiger partial charge in [-0.1, -0.05) is 35.5 Å². The molecule has 2 heterocycles. The summed E-state index contributed by atoms with van der Waals surface area (Å²) in [6, 6.07) is 14.0. The monoisotopic (exact) mass is 363 g/mol. The Morgan fingerprint density at radius 2 is 1.89 bits per heavy atom. The average Bonchev–Trinajstić information content (AvgIpc) is 3.21. The lowest BCUT2D eigenvalue weighted by atomic mass is 10.1. The Morgan fingerprint density at radius 3 is 2.52 bits per heavy atom. The number of likely N-dealkylation sites (N-methyl/N-ethyl adjacent to an activating group) is 1. The van der Waals surface area contributed by atoms with E-state index in [2.05, 4.69) is 5.16 Å². The molecule has 3 aromatic rings. The standard InChI is InChI=1S/C22H25N3O2/c1-15-13-20(18(4)25(15)21-14-16(2)27-23-21)11-12-22(26)24(5)17(3)19-9-7-6-8-10-19/h6-14,17H,1-5H3/b12-11+/t17-/m0/s1. The molecule has 3 rings (SSSR count). The van der Waals surface area contributed by atoms with Crippen LogP contribution in [0.2, 0.25) is 0 Å². The van der Waals surface area contributed by atoms with E-state index in [9.17, 15) is 4.79 Å². The third-order valence-corrected chi connectivity index (χ3v) is 4.93. The topological polar surface area (TPSA) is 51.3 Å². The lowest BCUT2D eigenvalue weighted by Gasteiger charge is -2.24. The van der Waals surface area contributed by atoms with Crippen molar-refractivity contribution >= 4 is 12.0 Å². The van der Waals surface area contributed by atoms with Crippen LogP contribution in [0.15, 0.2) is 53.1 Å². The minimum atomic E-state index is -0.0339. The molecule has 0 aliphatic rings. The minimum Gasteiger partial charge on any atom is -0.360 e. The molecule has 0 aliphatic heterocycles. The van der Waals surface area contributed by atoms with Crippen LogP contribution in [0.3, 0.4) is 0 Å². The van der Waals surface area contributed by atoms with Gasteiger partial charge in [0, 0.05) is 30.6 Å². The van der Waals surface area contributed by atoms with Crippen LogP contribution >= 0.6 is 0 Å². The Hall–Kier alpha value is -3.08. The highest BCUT2D eigenvalue weighted by atomic mass is 16.5. The van der Waals surface area contributed by atoms with Gasteiger partial charge in [0.25, 0.3) is 0 Å². The summed E-state index contributed by atoms with van der Waals surface area (Å²) >= 11 is 0. The molecule has 2 aromatic heterocycles. The maximum absolute atomic E-state index is 12.6. The van der Waals surface area contributed by atoms with Crippen molar-refractivity contribution in [3.63, 3.8) is 0 Å². The summed E-state index contributed by atoms with van der Waals surface area (Å²) in [7, 11) is 1.83. The predicted octanol–water partition coefficient (Wildman–Crippen LogP) is 4.62. The highest BCUT2D eigenvalue weighted by Crippen LogP contribution is 2.22. The van der Waals surface area contributed by atoms with Gasteiger partial charge in [0.1, 0.15) is 5.76 Å². The number of hydrogen-bond donors (Lipinski definition) is 0. The first-order valence-corrected chi connectivity index (χ1v) is 9.01. The zero-order chi connectivity index (χ0) is 19.6. The smallest absolute Gasteiger partial charge is 0.246 e. The molecule has 5 nitrogen and oxygen atoms in total. The van der Waals surface area contributed by atoms with Crippen LogP contribution in [0, 0.1) is 20.8 Å². The maximum atomic E-state index is 12.6. The van der Waals surface area contributed by atoms with Crippen molar-refractivity contribution in [3.8, 4) is 5.82 Å². The molecular formula is C22H25N3O2. The molecule has 1 amide bonds. The summed E-state index contributed by atoms with van der Waals surface area (Å²) in [4.78, 5) is 14.4. The van der Waals surface area contributed by atoms with E-state index in [-0.39, 0.29) is 11.9 Å². The van der Waals surface area contributed by atoms with E-state index in [1.165, 1.54) is 0 Å². The molecule has 140 valence electrons. The first-order chi connectivity index (χ1) is 12.9. The molecule has 0 spiro atoms. The van der Waals surface area contributed by atoms with Crippen LogP contribution in [-0.2, 0) is 4.79 Å². The SMILES string of the molecule is Cc1cc(-n2c(C)cc(/C=C/C(=O)N(C)[C@@H](C)c3ccccc3)c2C)no1. The van der Waals surface area contributed by atoms with Crippen molar-refractivity contribution in [2.24, 2.45) is 0 Å². The molecule has 1 aromatic carbocycles. The van der Waals surface area contributed by atoms with Crippen LogP contribution in [0.5, 0.6) is 0 Å². The maximum Gasteiger partial charge on any atom is 0.246 e. The van der Waals surface area contributed by atoms with E-state index in [1.54, 1.807) is 11.0 Å². The van der Waals surface area contributed by atoms with Crippen LogP contribution in [0.1, 0.15) is 41.2 Å². The Kier molecular flexibility index (Phi) is 5.31. The molecular weight excluding hydrogens is 338 g/mol. The van der Waals surface area contributed by atoms with Gasteiger partial charge in [-0.05, 0) is 51.0 Å². The van der Waals surface area contributed by atoms with Gasteiger partial charge in [-0.25, -0.2) is 0 Å². The van der Waals surface area contributed by atoms with Crippen LogP contribution in [0.25, 0.3) is 11.9 Å². The van der Waals surface area contributed by atoms with Gasteiger partial charge in [0.2, 0.25) is 5.91 Å². The summed E-state index contributed by atoms with van der Waals surface area (Å²) in [5, 5.41) is 4.09. The molecule has 0 bridgehead atoms.